The minimum Gasteiger partial charge on any atom is -0.325 e. The highest BCUT2D eigenvalue weighted by atomic mass is 16.2. The van der Waals surface area contributed by atoms with Crippen LogP contribution in [-0.4, -0.2) is 34.2 Å². The second-order valence-corrected chi connectivity index (χ2v) is 6.22. The molecule has 1 aromatic heterocycles. The molecule has 0 spiro atoms. The highest BCUT2D eigenvalue weighted by molar-refractivity contribution is 5.97. The van der Waals surface area contributed by atoms with E-state index in [4.69, 9.17) is 0 Å². The molecular weight excluding hydrogens is 318 g/mol. The van der Waals surface area contributed by atoms with Crippen LogP contribution in [0.4, 0.5) is 11.4 Å². The molecule has 1 aliphatic heterocycles. The van der Waals surface area contributed by atoms with Crippen molar-refractivity contribution in [3.63, 3.8) is 0 Å². The molecule has 2 unspecified atom stereocenters. The van der Waals surface area contributed by atoms with Crippen LogP contribution < -0.4 is 16.0 Å². The van der Waals surface area contributed by atoms with Crippen molar-refractivity contribution in [2.24, 2.45) is 0 Å². The Morgan fingerprint density at radius 2 is 2.04 bits per heavy atom. The predicted octanol–water partition coefficient (Wildman–Crippen LogP) is 2.16. The summed E-state index contributed by atoms with van der Waals surface area (Å²) in [6.07, 6.45) is 6.41. The SMILES string of the molecule is CC(C(=O)Nc1cccc(NC(=O)C2CCCCN2)c1)n1cccn1. The zero-order chi connectivity index (χ0) is 17.6. The molecule has 2 amide bonds. The van der Waals surface area contributed by atoms with Crippen molar-refractivity contribution in [1.82, 2.24) is 15.1 Å². The summed E-state index contributed by atoms with van der Waals surface area (Å²) in [6.45, 7) is 2.65. The molecule has 2 atom stereocenters. The van der Waals surface area contributed by atoms with Crippen molar-refractivity contribution in [3.05, 3.63) is 42.7 Å². The van der Waals surface area contributed by atoms with Crippen molar-refractivity contribution < 1.29 is 9.59 Å². The number of nitrogens with zero attached hydrogens (tertiary/aromatic N) is 2. The van der Waals surface area contributed by atoms with E-state index in [0.29, 0.717) is 11.4 Å². The number of nitrogens with one attached hydrogen (secondary N) is 3. The van der Waals surface area contributed by atoms with Crippen LogP contribution in [0.1, 0.15) is 32.2 Å². The smallest absolute Gasteiger partial charge is 0.248 e. The van der Waals surface area contributed by atoms with Crippen LogP contribution in [0.15, 0.2) is 42.7 Å². The number of amides is 2. The quantitative estimate of drug-likeness (QED) is 0.778. The molecule has 3 rings (SSSR count). The lowest BCUT2D eigenvalue weighted by molar-refractivity contribution is -0.119. The van der Waals surface area contributed by atoms with Gasteiger partial charge in [-0.2, -0.15) is 5.10 Å². The summed E-state index contributed by atoms with van der Waals surface area (Å²) in [4.78, 5) is 24.6. The first-order valence-corrected chi connectivity index (χ1v) is 8.58. The van der Waals surface area contributed by atoms with Gasteiger partial charge in [-0.25, -0.2) is 0 Å². The van der Waals surface area contributed by atoms with Crippen molar-refractivity contribution >= 4 is 23.2 Å². The minimum atomic E-state index is -0.417. The van der Waals surface area contributed by atoms with Gasteiger partial charge >= 0.3 is 0 Å². The summed E-state index contributed by atoms with van der Waals surface area (Å²) in [7, 11) is 0. The van der Waals surface area contributed by atoms with Crippen molar-refractivity contribution in [2.45, 2.75) is 38.3 Å². The van der Waals surface area contributed by atoms with Crippen LogP contribution >= 0.6 is 0 Å². The van der Waals surface area contributed by atoms with Gasteiger partial charge in [-0.05, 0) is 50.6 Å². The summed E-state index contributed by atoms with van der Waals surface area (Å²) in [5.41, 5.74) is 1.31. The molecule has 0 bridgehead atoms. The first-order chi connectivity index (χ1) is 12.1. The molecule has 2 aromatic rings. The largest absolute Gasteiger partial charge is 0.325 e. The van der Waals surface area contributed by atoms with Gasteiger partial charge in [-0.15, -0.1) is 0 Å². The van der Waals surface area contributed by atoms with Gasteiger partial charge in [-0.3, -0.25) is 14.3 Å². The van der Waals surface area contributed by atoms with Crippen LogP contribution in [0, 0.1) is 0 Å². The van der Waals surface area contributed by atoms with Gasteiger partial charge in [0.15, 0.2) is 0 Å². The number of piperidine rings is 1. The van der Waals surface area contributed by atoms with Crippen LogP contribution in [0.5, 0.6) is 0 Å². The number of aromatic nitrogens is 2. The lowest BCUT2D eigenvalue weighted by Gasteiger charge is -2.22. The normalized spacial score (nSPS) is 18.4. The zero-order valence-electron chi connectivity index (χ0n) is 14.2. The van der Waals surface area contributed by atoms with Crippen LogP contribution in [-0.2, 0) is 9.59 Å². The summed E-state index contributed by atoms with van der Waals surface area (Å²) in [5.74, 6) is -0.200. The Labute approximate surface area is 146 Å². The Morgan fingerprint density at radius 1 is 1.24 bits per heavy atom. The van der Waals surface area contributed by atoms with E-state index >= 15 is 0 Å². The minimum absolute atomic E-state index is 0.0342. The number of benzene rings is 1. The van der Waals surface area contributed by atoms with Crippen LogP contribution in [0.2, 0.25) is 0 Å². The van der Waals surface area contributed by atoms with E-state index in [1.54, 1.807) is 48.3 Å². The summed E-state index contributed by atoms with van der Waals surface area (Å²) < 4.78 is 1.59. The van der Waals surface area contributed by atoms with Crippen molar-refractivity contribution in [3.8, 4) is 0 Å². The summed E-state index contributed by atoms with van der Waals surface area (Å²) >= 11 is 0. The lowest BCUT2D eigenvalue weighted by atomic mass is 10.0. The summed E-state index contributed by atoms with van der Waals surface area (Å²) in [6, 6.07) is 8.38. The highest BCUT2D eigenvalue weighted by Gasteiger charge is 2.20. The van der Waals surface area contributed by atoms with E-state index in [0.717, 1.165) is 25.8 Å². The molecule has 132 valence electrons. The maximum Gasteiger partial charge on any atom is 0.248 e. The number of rotatable bonds is 5. The molecular formula is C18H23N5O2. The highest BCUT2D eigenvalue weighted by Crippen LogP contribution is 2.18. The number of hydrogen-bond donors (Lipinski definition) is 3. The topological polar surface area (TPSA) is 88.0 Å². The number of carbonyl (C=O) groups excluding carboxylic acids is 2. The Bertz CT molecular complexity index is 723. The van der Waals surface area contributed by atoms with Gasteiger partial charge in [0.1, 0.15) is 6.04 Å². The molecule has 2 heterocycles. The van der Waals surface area contributed by atoms with Crippen molar-refractivity contribution in [2.75, 3.05) is 17.2 Å². The first kappa shape index (κ1) is 17.2. The lowest BCUT2D eigenvalue weighted by Crippen LogP contribution is -2.43. The summed E-state index contributed by atoms with van der Waals surface area (Å²) in [5, 5.41) is 13.1. The average Bonchev–Trinajstić information content (AvgIpc) is 3.16. The molecule has 3 N–H and O–H groups in total. The fourth-order valence-electron chi connectivity index (χ4n) is 2.86. The molecule has 7 heteroatoms. The van der Waals surface area contributed by atoms with Gasteiger partial charge in [0.05, 0.1) is 6.04 Å². The third-order valence-corrected chi connectivity index (χ3v) is 4.33. The maximum absolute atomic E-state index is 12.3. The molecule has 0 saturated carbocycles. The second kappa shape index (κ2) is 7.94. The van der Waals surface area contributed by atoms with Crippen LogP contribution in [0.3, 0.4) is 0 Å². The monoisotopic (exact) mass is 341 g/mol. The van der Waals surface area contributed by atoms with Gasteiger partial charge in [0.25, 0.3) is 0 Å². The number of anilines is 2. The number of carbonyl (C=O) groups is 2. The molecule has 1 saturated heterocycles. The van der Waals surface area contributed by atoms with Gasteiger partial charge in [0, 0.05) is 23.8 Å². The fraction of sp³-hybridized carbons (Fsp3) is 0.389. The first-order valence-electron chi connectivity index (χ1n) is 8.58. The predicted molar refractivity (Wildman–Crippen MR) is 96.3 cm³/mol. The maximum atomic E-state index is 12.3. The molecule has 25 heavy (non-hydrogen) atoms. The zero-order valence-corrected chi connectivity index (χ0v) is 14.2. The molecule has 1 aromatic carbocycles. The van der Waals surface area contributed by atoms with Gasteiger partial charge in [-0.1, -0.05) is 12.5 Å². The van der Waals surface area contributed by atoms with E-state index in [-0.39, 0.29) is 17.9 Å². The van der Waals surface area contributed by atoms with E-state index in [9.17, 15) is 9.59 Å². The Morgan fingerprint density at radius 3 is 2.72 bits per heavy atom. The average molecular weight is 341 g/mol. The standard InChI is InChI=1S/C18H23N5O2/c1-13(23-11-5-10-20-23)17(24)21-14-6-4-7-15(12-14)22-18(25)16-8-2-3-9-19-16/h4-7,10-13,16,19H,2-3,8-9H2,1H3,(H,21,24)(H,22,25). The number of hydrogen-bond acceptors (Lipinski definition) is 4. The fourth-order valence-corrected chi connectivity index (χ4v) is 2.86. The van der Waals surface area contributed by atoms with Gasteiger partial charge in [0.2, 0.25) is 11.8 Å². The van der Waals surface area contributed by atoms with Gasteiger partial charge < -0.3 is 16.0 Å². The van der Waals surface area contributed by atoms with Crippen molar-refractivity contribution in [1.29, 1.82) is 0 Å². The van der Waals surface area contributed by atoms with E-state index in [1.807, 2.05) is 6.07 Å². The third kappa shape index (κ3) is 4.45. The Balaban J connectivity index is 1.61. The van der Waals surface area contributed by atoms with Crippen LogP contribution in [0.25, 0.3) is 0 Å². The van der Waals surface area contributed by atoms with E-state index in [2.05, 4.69) is 21.0 Å². The third-order valence-electron chi connectivity index (χ3n) is 4.33. The van der Waals surface area contributed by atoms with E-state index < -0.39 is 6.04 Å². The molecule has 7 nitrogen and oxygen atoms in total. The second-order valence-electron chi connectivity index (χ2n) is 6.22. The molecule has 1 aliphatic rings. The molecule has 0 radical (unpaired) electrons. The molecule has 0 aliphatic carbocycles. The Hall–Kier alpha value is -2.67. The van der Waals surface area contributed by atoms with E-state index in [1.165, 1.54) is 0 Å². The molecule has 1 fully saturated rings. The Kier molecular flexibility index (Phi) is 5.45.